The summed E-state index contributed by atoms with van der Waals surface area (Å²) in [6, 6.07) is 5.86. The molecule has 0 atom stereocenters. The molecule has 1 aliphatic carbocycles. The minimum atomic E-state index is -0.00116. The van der Waals surface area contributed by atoms with Crippen LogP contribution in [0.25, 0.3) is 0 Å². The van der Waals surface area contributed by atoms with Crippen LogP contribution in [-0.4, -0.2) is 57.2 Å². The summed E-state index contributed by atoms with van der Waals surface area (Å²) in [5, 5.41) is 6.43. The van der Waals surface area contributed by atoms with Crippen molar-refractivity contribution in [2.45, 2.75) is 52.2 Å². The average Bonchev–Trinajstić information content (AvgIpc) is 3.20. The fourth-order valence-electron chi connectivity index (χ4n) is 3.04. The normalized spacial score (nSPS) is 14.3. The van der Waals surface area contributed by atoms with E-state index in [0.29, 0.717) is 18.4 Å². The van der Waals surface area contributed by atoms with Crippen LogP contribution < -0.4 is 20.1 Å². The predicted octanol–water partition coefficient (Wildman–Crippen LogP) is 3.41. The number of benzene rings is 1. The Balaban J connectivity index is 0.00000450. The first-order valence-corrected chi connectivity index (χ1v) is 10.4. The van der Waals surface area contributed by atoms with Crippen LogP contribution in [0.3, 0.4) is 0 Å². The van der Waals surface area contributed by atoms with E-state index < -0.39 is 0 Å². The number of likely N-dealkylation sites (N-methyl/N-ethyl adjacent to an activating group) is 1. The van der Waals surface area contributed by atoms with Crippen molar-refractivity contribution >= 4 is 35.8 Å². The summed E-state index contributed by atoms with van der Waals surface area (Å²) in [6.07, 6.45) is 4.88. The molecule has 0 heterocycles. The minimum Gasteiger partial charge on any atom is -0.497 e. The van der Waals surface area contributed by atoms with Gasteiger partial charge in [0.2, 0.25) is 5.91 Å². The molecular formula is C22H37IN4O3. The van der Waals surface area contributed by atoms with Crippen LogP contribution in [0, 0.1) is 5.92 Å². The average molecular weight is 532 g/mol. The lowest BCUT2D eigenvalue weighted by Gasteiger charge is -2.18. The number of ether oxygens (including phenoxy) is 2. The number of guanidine groups is 1. The molecule has 0 aliphatic heterocycles. The van der Waals surface area contributed by atoms with E-state index in [1.165, 1.54) is 12.8 Å². The number of aliphatic imine (C=N–C) groups is 1. The highest BCUT2D eigenvalue weighted by molar-refractivity contribution is 14.0. The van der Waals surface area contributed by atoms with Crippen molar-refractivity contribution in [1.82, 2.24) is 15.5 Å². The Hall–Kier alpha value is -1.71. The van der Waals surface area contributed by atoms with Crippen molar-refractivity contribution in [2.24, 2.45) is 10.9 Å². The van der Waals surface area contributed by atoms with Gasteiger partial charge in [-0.05, 0) is 43.7 Å². The molecule has 0 spiro atoms. The quantitative estimate of drug-likeness (QED) is 0.290. The van der Waals surface area contributed by atoms with Gasteiger partial charge in [0.25, 0.3) is 0 Å². The number of nitrogens with zero attached hydrogens (tertiary/aromatic N) is 2. The van der Waals surface area contributed by atoms with E-state index in [4.69, 9.17) is 14.5 Å². The van der Waals surface area contributed by atoms with Gasteiger partial charge in [-0.3, -0.25) is 4.79 Å². The molecule has 1 saturated carbocycles. The highest BCUT2D eigenvalue weighted by Crippen LogP contribution is 2.30. The van der Waals surface area contributed by atoms with Crippen LogP contribution in [0.1, 0.15) is 45.1 Å². The molecule has 7 nitrogen and oxygen atoms in total. The van der Waals surface area contributed by atoms with Crippen molar-refractivity contribution in [1.29, 1.82) is 0 Å². The van der Waals surface area contributed by atoms with Gasteiger partial charge in [0.15, 0.2) is 5.96 Å². The van der Waals surface area contributed by atoms with Crippen molar-refractivity contribution in [3.8, 4) is 11.5 Å². The molecule has 1 fully saturated rings. The van der Waals surface area contributed by atoms with Gasteiger partial charge in [0.05, 0.1) is 26.3 Å². The second-order valence-electron chi connectivity index (χ2n) is 8.08. The maximum absolute atomic E-state index is 11.9. The Bertz CT molecular complexity index is 689. The molecule has 2 rings (SSSR count). The lowest BCUT2D eigenvalue weighted by atomic mass is 10.2. The topological polar surface area (TPSA) is 75.2 Å². The third-order valence-electron chi connectivity index (χ3n) is 4.86. The number of carbonyl (C=O) groups is 1. The highest BCUT2D eigenvalue weighted by Gasteiger charge is 2.18. The van der Waals surface area contributed by atoms with E-state index in [0.717, 1.165) is 36.4 Å². The monoisotopic (exact) mass is 532 g/mol. The van der Waals surface area contributed by atoms with Crippen LogP contribution in [-0.2, 0) is 11.3 Å². The van der Waals surface area contributed by atoms with Crippen LogP contribution >= 0.6 is 24.0 Å². The van der Waals surface area contributed by atoms with E-state index >= 15 is 0 Å². The molecule has 170 valence electrons. The van der Waals surface area contributed by atoms with Crippen molar-refractivity contribution in [3.63, 3.8) is 0 Å². The molecule has 1 amide bonds. The molecule has 2 N–H and O–H groups in total. The zero-order valence-electron chi connectivity index (χ0n) is 18.9. The molecule has 1 aromatic rings. The summed E-state index contributed by atoms with van der Waals surface area (Å²) in [6.45, 7) is 5.69. The SMILES string of the molecule is COc1ccc(CN=C(NCC(=O)N(C)C)NCC(C)C)c(OC2CCCC2)c1.I. The standard InChI is InChI=1S/C22H36N4O3.HI/c1-16(2)13-23-22(25-15-21(27)26(3)4)24-14-17-10-11-19(28-5)12-20(17)29-18-8-6-7-9-18;/h10-12,16,18H,6-9,13-15H2,1-5H3,(H2,23,24,25);1H. The zero-order valence-corrected chi connectivity index (χ0v) is 21.2. The Morgan fingerprint density at radius 1 is 1.23 bits per heavy atom. The maximum atomic E-state index is 11.9. The van der Waals surface area contributed by atoms with Gasteiger partial charge in [0, 0.05) is 32.3 Å². The van der Waals surface area contributed by atoms with Gasteiger partial charge >= 0.3 is 0 Å². The molecule has 1 aromatic carbocycles. The number of methoxy groups -OCH3 is 1. The van der Waals surface area contributed by atoms with Crippen LogP contribution in [0.15, 0.2) is 23.2 Å². The first-order valence-electron chi connectivity index (χ1n) is 10.4. The minimum absolute atomic E-state index is 0. The van der Waals surface area contributed by atoms with E-state index in [9.17, 15) is 4.79 Å². The first-order chi connectivity index (χ1) is 13.9. The van der Waals surface area contributed by atoms with Gasteiger partial charge in [-0.15, -0.1) is 24.0 Å². The van der Waals surface area contributed by atoms with Crippen molar-refractivity contribution in [2.75, 3.05) is 34.3 Å². The second kappa shape index (κ2) is 13.6. The predicted molar refractivity (Wildman–Crippen MR) is 132 cm³/mol. The lowest BCUT2D eigenvalue weighted by molar-refractivity contribution is -0.127. The summed E-state index contributed by atoms with van der Waals surface area (Å²) in [4.78, 5) is 18.2. The molecule has 30 heavy (non-hydrogen) atoms. The third kappa shape index (κ3) is 8.97. The second-order valence-corrected chi connectivity index (χ2v) is 8.08. The van der Waals surface area contributed by atoms with Gasteiger partial charge < -0.3 is 25.0 Å². The number of carbonyl (C=O) groups excluding carboxylic acids is 1. The van der Waals surface area contributed by atoms with Crippen LogP contribution in [0.5, 0.6) is 11.5 Å². The number of amides is 1. The Morgan fingerprint density at radius 3 is 2.53 bits per heavy atom. The molecule has 8 heteroatoms. The molecule has 0 radical (unpaired) electrons. The molecule has 1 aliphatic rings. The molecule has 0 saturated heterocycles. The van der Waals surface area contributed by atoms with Crippen LogP contribution in [0.2, 0.25) is 0 Å². The Labute approximate surface area is 198 Å². The summed E-state index contributed by atoms with van der Waals surface area (Å²) in [5.41, 5.74) is 1.00. The lowest BCUT2D eigenvalue weighted by Crippen LogP contribution is -2.44. The molecule has 0 bridgehead atoms. The fraction of sp³-hybridized carbons (Fsp3) is 0.636. The Kier molecular flexibility index (Phi) is 11.9. The van der Waals surface area contributed by atoms with E-state index in [-0.39, 0.29) is 42.5 Å². The summed E-state index contributed by atoms with van der Waals surface area (Å²) >= 11 is 0. The van der Waals surface area contributed by atoms with Crippen LogP contribution in [0.4, 0.5) is 0 Å². The summed E-state index contributed by atoms with van der Waals surface area (Å²) in [5.74, 6) is 2.69. The highest BCUT2D eigenvalue weighted by atomic mass is 127. The number of halogens is 1. The van der Waals surface area contributed by atoms with E-state index in [1.54, 1.807) is 26.1 Å². The number of rotatable bonds is 9. The zero-order chi connectivity index (χ0) is 21.2. The van der Waals surface area contributed by atoms with Gasteiger partial charge in [-0.1, -0.05) is 13.8 Å². The Morgan fingerprint density at radius 2 is 1.93 bits per heavy atom. The van der Waals surface area contributed by atoms with Crippen molar-refractivity contribution in [3.05, 3.63) is 23.8 Å². The first kappa shape index (κ1) is 26.3. The largest absolute Gasteiger partial charge is 0.497 e. The number of nitrogens with one attached hydrogen (secondary N) is 2. The maximum Gasteiger partial charge on any atom is 0.241 e. The summed E-state index contributed by atoms with van der Waals surface area (Å²) < 4.78 is 11.6. The number of hydrogen-bond donors (Lipinski definition) is 2. The fourth-order valence-corrected chi connectivity index (χ4v) is 3.04. The third-order valence-corrected chi connectivity index (χ3v) is 4.86. The molecular weight excluding hydrogens is 495 g/mol. The molecule has 0 unspecified atom stereocenters. The van der Waals surface area contributed by atoms with Gasteiger partial charge in [-0.2, -0.15) is 0 Å². The van der Waals surface area contributed by atoms with E-state index in [1.807, 2.05) is 18.2 Å². The van der Waals surface area contributed by atoms with Gasteiger partial charge in [-0.25, -0.2) is 4.99 Å². The smallest absolute Gasteiger partial charge is 0.241 e. The summed E-state index contributed by atoms with van der Waals surface area (Å²) in [7, 11) is 5.14. The number of hydrogen-bond acceptors (Lipinski definition) is 4. The van der Waals surface area contributed by atoms with Crippen molar-refractivity contribution < 1.29 is 14.3 Å². The van der Waals surface area contributed by atoms with Gasteiger partial charge in [0.1, 0.15) is 11.5 Å². The molecule has 0 aromatic heterocycles. The van der Waals surface area contributed by atoms with E-state index in [2.05, 4.69) is 24.5 Å².